The fourth-order valence-electron chi connectivity index (χ4n) is 2.04. The molecule has 2 aromatic rings. The van der Waals surface area contributed by atoms with Gasteiger partial charge in [0.15, 0.2) is 0 Å². The second-order valence-electron chi connectivity index (χ2n) is 4.89. The number of aryl methyl sites for hydroxylation is 1. The van der Waals surface area contributed by atoms with Gasteiger partial charge in [0.25, 0.3) is 0 Å². The molecule has 0 saturated heterocycles. The first-order chi connectivity index (χ1) is 9.97. The average molecular weight is 325 g/mol. The molecule has 1 N–H and O–H groups in total. The van der Waals surface area contributed by atoms with Gasteiger partial charge in [-0.3, -0.25) is 9.59 Å². The lowest BCUT2D eigenvalue weighted by Crippen LogP contribution is -2.28. The van der Waals surface area contributed by atoms with Gasteiger partial charge in [0.05, 0.1) is 6.04 Å². The molecule has 4 nitrogen and oxygen atoms in total. The maximum absolute atomic E-state index is 12.0. The van der Waals surface area contributed by atoms with Crippen molar-refractivity contribution < 1.29 is 4.79 Å². The minimum atomic E-state index is -0.0879. The number of hydrogen-bond acceptors (Lipinski definition) is 3. The number of nitrogens with one attached hydrogen (secondary N) is 1. The van der Waals surface area contributed by atoms with Gasteiger partial charge < -0.3 is 9.88 Å². The number of hydrogen-bond donors (Lipinski definition) is 1. The van der Waals surface area contributed by atoms with Crippen LogP contribution < -0.4 is 10.2 Å². The normalized spacial score (nSPS) is 12.1. The first kappa shape index (κ1) is 15.8. The molecule has 0 spiro atoms. The minimum Gasteiger partial charge on any atom is -0.350 e. The Hall–Kier alpha value is -1.59. The summed E-state index contributed by atoms with van der Waals surface area (Å²) >= 11 is 7.00. The molecule has 0 bridgehead atoms. The zero-order valence-electron chi connectivity index (χ0n) is 11.9. The van der Waals surface area contributed by atoms with Crippen LogP contribution in [0.25, 0.3) is 0 Å². The van der Waals surface area contributed by atoms with Gasteiger partial charge in [0.1, 0.15) is 0 Å². The Morgan fingerprint density at radius 1 is 1.38 bits per heavy atom. The van der Waals surface area contributed by atoms with E-state index in [4.69, 9.17) is 11.6 Å². The molecular weight excluding hydrogens is 308 g/mol. The monoisotopic (exact) mass is 324 g/mol. The molecule has 0 aliphatic carbocycles. The van der Waals surface area contributed by atoms with Gasteiger partial charge in [-0.05, 0) is 31.5 Å². The number of carbonyl (C=O) groups excluding carboxylic acids is 1. The molecule has 0 aliphatic heterocycles. The molecular formula is C15H17ClN2O2S. The Balaban J connectivity index is 1.90. The molecule has 0 radical (unpaired) electrons. The fourth-order valence-corrected chi connectivity index (χ4v) is 2.92. The van der Waals surface area contributed by atoms with Crippen LogP contribution in [0.5, 0.6) is 0 Å². The van der Waals surface area contributed by atoms with Gasteiger partial charge in [0, 0.05) is 29.1 Å². The van der Waals surface area contributed by atoms with E-state index in [9.17, 15) is 9.59 Å². The number of thiazole rings is 1. The summed E-state index contributed by atoms with van der Waals surface area (Å²) in [5.41, 5.74) is 1.89. The number of nitrogens with zero attached hydrogens (tertiary/aromatic N) is 1. The average Bonchev–Trinajstić information content (AvgIpc) is 2.76. The molecule has 1 aromatic heterocycles. The summed E-state index contributed by atoms with van der Waals surface area (Å²) in [6.07, 6.45) is 0.287. The first-order valence-corrected chi connectivity index (χ1v) is 7.93. The SMILES string of the molecule is Cc1csc(=O)n1CCC(=O)NC(C)c1ccc(Cl)cc1. The summed E-state index contributed by atoms with van der Waals surface area (Å²) in [7, 11) is 0. The highest BCUT2D eigenvalue weighted by atomic mass is 35.5. The van der Waals surface area contributed by atoms with Crippen LogP contribution in [0.15, 0.2) is 34.4 Å². The number of halogens is 1. The summed E-state index contributed by atoms with van der Waals surface area (Å²) < 4.78 is 1.62. The molecule has 0 fully saturated rings. The maximum atomic E-state index is 12.0. The Labute approximate surface area is 132 Å². The van der Waals surface area contributed by atoms with E-state index in [1.807, 2.05) is 26.0 Å². The van der Waals surface area contributed by atoms with Gasteiger partial charge in [-0.2, -0.15) is 0 Å². The van der Waals surface area contributed by atoms with Crippen molar-refractivity contribution in [3.8, 4) is 0 Å². The van der Waals surface area contributed by atoms with E-state index >= 15 is 0 Å². The number of rotatable bonds is 5. The number of aromatic nitrogens is 1. The van der Waals surface area contributed by atoms with Crippen LogP contribution in [0.2, 0.25) is 5.02 Å². The molecule has 112 valence electrons. The first-order valence-electron chi connectivity index (χ1n) is 6.67. The summed E-state index contributed by atoms with van der Waals surface area (Å²) in [5.74, 6) is -0.0741. The van der Waals surface area contributed by atoms with Gasteiger partial charge in [-0.15, -0.1) is 0 Å². The highest BCUT2D eigenvalue weighted by Crippen LogP contribution is 2.16. The van der Waals surface area contributed by atoms with Crippen LogP contribution in [-0.2, 0) is 11.3 Å². The van der Waals surface area contributed by atoms with Gasteiger partial charge in [-0.25, -0.2) is 0 Å². The number of benzene rings is 1. The van der Waals surface area contributed by atoms with Crippen molar-refractivity contribution in [1.29, 1.82) is 0 Å². The number of carbonyl (C=O) groups is 1. The zero-order valence-corrected chi connectivity index (χ0v) is 13.5. The molecule has 2 rings (SSSR count). The smallest absolute Gasteiger partial charge is 0.307 e. The topological polar surface area (TPSA) is 51.1 Å². The molecule has 1 amide bonds. The van der Waals surface area contributed by atoms with Crippen molar-refractivity contribution in [1.82, 2.24) is 9.88 Å². The molecule has 1 unspecified atom stereocenters. The van der Waals surface area contributed by atoms with Crippen LogP contribution >= 0.6 is 22.9 Å². The molecule has 21 heavy (non-hydrogen) atoms. The predicted octanol–water partition coefficient (Wildman–Crippen LogP) is 3.14. The van der Waals surface area contributed by atoms with Crippen molar-refractivity contribution in [2.75, 3.05) is 0 Å². The highest BCUT2D eigenvalue weighted by Gasteiger charge is 2.11. The van der Waals surface area contributed by atoms with Gasteiger partial charge in [0.2, 0.25) is 5.91 Å². The Bertz CT molecular complexity index is 676. The van der Waals surface area contributed by atoms with E-state index in [0.29, 0.717) is 11.6 Å². The van der Waals surface area contributed by atoms with Crippen LogP contribution in [0, 0.1) is 6.92 Å². The molecule has 1 atom stereocenters. The van der Waals surface area contributed by atoms with Crippen LogP contribution in [-0.4, -0.2) is 10.5 Å². The van der Waals surface area contributed by atoms with Crippen molar-refractivity contribution in [3.63, 3.8) is 0 Å². The summed E-state index contributed by atoms with van der Waals surface area (Å²) in [5, 5.41) is 5.40. The minimum absolute atomic E-state index is 0.0222. The largest absolute Gasteiger partial charge is 0.350 e. The lowest BCUT2D eigenvalue weighted by molar-refractivity contribution is -0.121. The van der Waals surface area contributed by atoms with E-state index in [-0.39, 0.29) is 23.2 Å². The van der Waals surface area contributed by atoms with E-state index in [2.05, 4.69) is 5.32 Å². The van der Waals surface area contributed by atoms with Crippen LogP contribution in [0.3, 0.4) is 0 Å². The lowest BCUT2D eigenvalue weighted by Gasteiger charge is -2.14. The molecule has 6 heteroatoms. The quantitative estimate of drug-likeness (QED) is 0.918. The third-order valence-corrected chi connectivity index (χ3v) is 4.42. The van der Waals surface area contributed by atoms with Crippen molar-refractivity contribution in [2.24, 2.45) is 0 Å². The van der Waals surface area contributed by atoms with Crippen LogP contribution in [0.4, 0.5) is 0 Å². The predicted molar refractivity (Wildman–Crippen MR) is 85.9 cm³/mol. The van der Waals surface area contributed by atoms with Crippen molar-refractivity contribution >= 4 is 28.8 Å². The summed E-state index contributed by atoms with van der Waals surface area (Å²) in [6, 6.07) is 7.29. The van der Waals surface area contributed by atoms with Crippen molar-refractivity contribution in [2.45, 2.75) is 32.9 Å². The van der Waals surface area contributed by atoms with E-state index in [0.717, 1.165) is 22.6 Å². The highest BCUT2D eigenvalue weighted by molar-refractivity contribution is 7.07. The Kier molecular flexibility index (Phi) is 5.20. The second kappa shape index (κ2) is 6.91. The van der Waals surface area contributed by atoms with E-state index < -0.39 is 0 Å². The Morgan fingerprint density at radius 3 is 2.62 bits per heavy atom. The van der Waals surface area contributed by atoms with E-state index in [1.165, 1.54) is 0 Å². The second-order valence-corrected chi connectivity index (χ2v) is 6.14. The molecule has 0 saturated carbocycles. The summed E-state index contributed by atoms with van der Waals surface area (Å²) in [6.45, 7) is 4.20. The maximum Gasteiger partial charge on any atom is 0.307 e. The van der Waals surface area contributed by atoms with Gasteiger partial charge >= 0.3 is 4.87 Å². The molecule has 1 heterocycles. The molecule has 0 aliphatic rings. The van der Waals surface area contributed by atoms with Crippen LogP contribution in [0.1, 0.15) is 30.6 Å². The fraction of sp³-hybridized carbons (Fsp3) is 0.333. The Morgan fingerprint density at radius 2 is 2.05 bits per heavy atom. The standard InChI is InChI=1S/C15H17ClN2O2S/c1-10-9-21-15(20)18(10)8-7-14(19)17-11(2)12-3-5-13(16)6-4-12/h3-6,9,11H,7-8H2,1-2H3,(H,17,19). The van der Waals surface area contributed by atoms with E-state index in [1.54, 1.807) is 22.1 Å². The third kappa shape index (κ3) is 4.19. The zero-order chi connectivity index (χ0) is 15.4. The molecule has 1 aromatic carbocycles. The summed E-state index contributed by atoms with van der Waals surface area (Å²) in [4.78, 5) is 23.5. The third-order valence-electron chi connectivity index (χ3n) is 3.29. The van der Waals surface area contributed by atoms with Gasteiger partial charge in [-0.1, -0.05) is 35.1 Å². The number of amides is 1. The van der Waals surface area contributed by atoms with Crippen molar-refractivity contribution in [3.05, 3.63) is 55.6 Å². The lowest BCUT2D eigenvalue weighted by atomic mass is 10.1.